The van der Waals surface area contributed by atoms with Gasteiger partial charge in [-0.3, -0.25) is 9.59 Å². The molecule has 0 bridgehead atoms. The molecule has 0 aliphatic rings. The van der Waals surface area contributed by atoms with Crippen LogP contribution in [0.25, 0.3) is 0 Å². The van der Waals surface area contributed by atoms with E-state index in [0.29, 0.717) is 23.6 Å². The van der Waals surface area contributed by atoms with Gasteiger partial charge >= 0.3 is 0 Å². The molecule has 0 aliphatic heterocycles. The van der Waals surface area contributed by atoms with E-state index in [0.717, 1.165) is 13.1 Å². The lowest BCUT2D eigenvalue weighted by Crippen LogP contribution is -2.35. The summed E-state index contributed by atoms with van der Waals surface area (Å²) in [6, 6.07) is 17.5. The number of ketones is 1. The molecule has 4 nitrogen and oxygen atoms in total. The van der Waals surface area contributed by atoms with E-state index in [4.69, 9.17) is 0 Å². The topological polar surface area (TPSA) is 49.4 Å². The number of nitrogens with one attached hydrogen (secondary N) is 1. The van der Waals surface area contributed by atoms with Crippen LogP contribution < -0.4 is 10.2 Å². The van der Waals surface area contributed by atoms with Crippen molar-refractivity contribution in [3.63, 3.8) is 0 Å². The highest BCUT2D eigenvalue weighted by atomic mass is 32.2. The van der Waals surface area contributed by atoms with Crippen molar-refractivity contribution < 1.29 is 9.59 Å². The number of amides is 1. The number of Topliss-reactive ketones (excluding diaryl/α,β-unsaturated/α-hetero) is 1. The first kappa shape index (κ1) is 20.0. The van der Waals surface area contributed by atoms with E-state index in [2.05, 4.69) is 42.3 Å². The second-order valence-electron chi connectivity index (χ2n) is 6.05. The molecule has 0 heterocycles. The largest absolute Gasteiger partial charge is 0.370 e. The number of nitrogens with zero attached hydrogens (tertiary/aromatic N) is 1. The minimum Gasteiger partial charge on any atom is -0.370 e. The average Bonchev–Trinajstić information content (AvgIpc) is 2.66. The van der Waals surface area contributed by atoms with E-state index in [1.165, 1.54) is 23.0 Å². The lowest BCUT2D eigenvalue weighted by molar-refractivity contribution is -0.118. The number of aryl methyl sites for hydroxylation is 1. The fourth-order valence-corrected chi connectivity index (χ4v) is 3.36. The zero-order valence-electron chi connectivity index (χ0n) is 15.4. The van der Waals surface area contributed by atoms with Crippen molar-refractivity contribution in [3.05, 3.63) is 65.7 Å². The van der Waals surface area contributed by atoms with Gasteiger partial charge in [0.25, 0.3) is 0 Å². The summed E-state index contributed by atoms with van der Waals surface area (Å²) in [6.07, 6.45) is 0. The van der Waals surface area contributed by atoms with Crippen molar-refractivity contribution in [3.8, 4) is 0 Å². The maximum absolute atomic E-state index is 12.0. The van der Waals surface area contributed by atoms with Crippen LogP contribution in [-0.2, 0) is 4.79 Å². The van der Waals surface area contributed by atoms with Gasteiger partial charge in [0.05, 0.1) is 11.5 Å². The second-order valence-corrected chi connectivity index (χ2v) is 7.04. The maximum atomic E-state index is 12.0. The summed E-state index contributed by atoms with van der Waals surface area (Å²) in [5.41, 5.74) is 3.09. The summed E-state index contributed by atoms with van der Waals surface area (Å²) in [5, 5.41) is 2.93. The van der Waals surface area contributed by atoms with Crippen LogP contribution in [0.3, 0.4) is 0 Å². The maximum Gasteiger partial charge on any atom is 0.230 e. The van der Waals surface area contributed by atoms with Crippen LogP contribution in [0.15, 0.2) is 54.6 Å². The van der Waals surface area contributed by atoms with Gasteiger partial charge in [-0.25, -0.2) is 0 Å². The van der Waals surface area contributed by atoms with Gasteiger partial charge in [0.15, 0.2) is 5.78 Å². The van der Waals surface area contributed by atoms with Gasteiger partial charge in [0.2, 0.25) is 5.91 Å². The number of thioether (sulfide) groups is 1. The minimum atomic E-state index is -0.0313. The molecular formula is C21H26N2O2S. The van der Waals surface area contributed by atoms with Crippen molar-refractivity contribution in [2.24, 2.45) is 0 Å². The highest BCUT2D eigenvalue weighted by Gasteiger charge is 2.09. The van der Waals surface area contributed by atoms with E-state index in [1.807, 2.05) is 24.3 Å². The van der Waals surface area contributed by atoms with Crippen molar-refractivity contribution in [2.45, 2.75) is 13.8 Å². The lowest BCUT2D eigenvalue weighted by atomic mass is 10.2. The van der Waals surface area contributed by atoms with Gasteiger partial charge in [-0.1, -0.05) is 42.5 Å². The second kappa shape index (κ2) is 10.7. The summed E-state index contributed by atoms with van der Waals surface area (Å²) in [5.74, 6) is 0.646. The molecule has 138 valence electrons. The Hall–Kier alpha value is -2.27. The van der Waals surface area contributed by atoms with E-state index >= 15 is 0 Å². The lowest BCUT2D eigenvalue weighted by Gasteiger charge is -2.23. The van der Waals surface area contributed by atoms with Crippen LogP contribution in [-0.4, -0.2) is 42.8 Å². The highest BCUT2D eigenvalue weighted by Crippen LogP contribution is 2.15. The Labute approximate surface area is 160 Å². The molecule has 0 spiro atoms. The van der Waals surface area contributed by atoms with Crippen molar-refractivity contribution >= 4 is 29.1 Å². The first-order valence-corrected chi connectivity index (χ1v) is 10.00. The fraction of sp³-hybridized carbons (Fsp3) is 0.333. The van der Waals surface area contributed by atoms with E-state index in [-0.39, 0.29) is 11.7 Å². The predicted molar refractivity (Wildman–Crippen MR) is 110 cm³/mol. The Morgan fingerprint density at radius 3 is 2.50 bits per heavy atom. The number of likely N-dealkylation sites (N-methyl/N-ethyl adjacent to an activating group) is 1. The first-order chi connectivity index (χ1) is 12.6. The number of carbonyl (C=O) groups excluding carboxylic acids is 2. The van der Waals surface area contributed by atoms with Crippen LogP contribution in [0.4, 0.5) is 5.69 Å². The molecule has 2 aromatic rings. The summed E-state index contributed by atoms with van der Waals surface area (Å²) in [7, 11) is 0. The molecule has 5 heteroatoms. The van der Waals surface area contributed by atoms with Crippen molar-refractivity contribution in [1.29, 1.82) is 0 Å². The van der Waals surface area contributed by atoms with Crippen molar-refractivity contribution in [2.75, 3.05) is 36.0 Å². The number of carbonyl (C=O) groups is 2. The average molecular weight is 371 g/mol. The molecule has 0 aliphatic carbocycles. The zero-order valence-corrected chi connectivity index (χ0v) is 16.2. The SMILES string of the molecule is CCN(CCNC(=O)CSCC(=O)c1ccccc1)c1cccc(C)c1. The van der Waals surface area contributed by atoms with Gasteiger partial charge in [-0.05, 0) is 31.5 Å². The van der Waals surface area contributed by atoms with Crippen LogP contribution in [0, 0.1) is 6.92 Å². The molecule has 0 unspecified atom stereocenters. The van der Waals surface area contributed by atoms with Gasteiger partial charge in [0.1, 0.15) is 0 Å². The fourth-order valence-electron chi connectivity index (χ4n) is 2.62. The van der Waals surface area contributed by atoms with E-state index in [9.17, 15) is 9.59 Å². The predicted octanol–water partition coefficient (Wildman–Crippen LogP) is 3.55. The molecule has 1 N–H and O–H groups in total. The minimum absolute atomic E-state index is 0.0313. The zero-order chi connectivity index (χ0) is 18.8. The molecule has 0 fully saturated rings. The molecule has 0 saturated carbocycles. The monoisotopic (exact) mass is 370 g/mol. The smallest absolute Gasteiger partial charge is 0.230 e. The Kier molecular flexibility index (Phi) is 8.22. The van der Waals surface area contributed by atoms with Crippen molar-refractivity contribution in [1.82, 2.24) is 5.32 Å². The quantitative estimate of drug-likeness (QED) is 0.650. The normalized spacial score (nSPS) is 10.4. The van der Waals surface area contributed by atoms with Crippen LogP contribution in [0.5, 0.6) is 0 Å². The Morgan fingerprint density at radius 2 is 1.81 bits per heavy atom. The summed E-state index contributed by atoms with van der Waals surface area (Å²) >= 11 is 1.35. The molecule has 0 aromatic heterocycles. The Morgan fingerprint density at radius 1 is 1.04 bits per heavy atom. The number of hydrogen-bond acceptors (Lipinski definition) is 4. The molecule has 1 amide bonds. The third-order valence-corrected chi connectivity index (χ3v) is 4.95. The molecule has 0 saturated heterocycles. The number of anilines is 1. The molecular weight excluding hydrogens is 344 g/mol. The third-order valence-electron chi connectivity index (χ3n) is 4.01. The number of hydrogen-bond donors (Lipinski definition) is 1. The Bertz CT molecular complexity index is 719. The van der Waals surface area contributed by atoms with Gasteiger partial charge < -0.3 is 10.2 Å². The van der Waals surface area contributed by atoms with Crippen LogP contribution in [0.2, 0.25) is 0 Å². The van der Waals surface area contributed by atoms with Gasteiger partial charge in [0, 0.05) is 30.9 Å². The van der Waals surface area contributed by atoms with Crippen LogP contribution in [0.1, 0.15) is 22.8 Å². The first-order valence-electron chi connectivity index (χ1n) is 8.84. The van der Waals surface area contributed by atoms with E-state index in [1.54, 1.807) is 12.1 Å². The van der Waals surface area contributed by atoms with Gasteiger partial charge in [-0.2, -0.15) is 0 Å². The summed E-state index contributed by atoms with van der Waals surface area (Å²) < 4.78 is 0. The number of benzene rings is 2. The molecule has 0 radical (unpaired) electrons. The summed E-state index contributed by atoms with van der Waals surface area (Å²) in [4.78, 5) is 26.2. The Balaban J connectivity index is 1.67. The molecule has 0 atom stereocenters. The standard InChI is InChI=1S/C21H26N2O2S/c1-3-23(19-11-7-8-17(2)14-19)13-12-22-21(25)16-26-15-20(24)18-9-5-4-6-10-18/h4-11,14H,3,12-13,15-16H2,1-2H3,(H,22,25). The molecule has 26 heavy (non-hydrogen) atoms. The number of rotatable bonds is 10. The van der Waals surface area contributed by atoms with Gasteiger partial charge in [-0.15, -0.1) is 11.8 Å². The molecule has 2 aromatic carbocycles. The van der Waals surface area contributed by atoms with E-state index < -0.39 is 0 Å². The molecule has 2 rings (SSSR count). The third kappa shape index (κ3) is 6.56. The highest BCUT2D eigenvalue weighted by molar-refractivity contribution is 8.00. The summed E-state index contributed by atoms with van der Waals surface area (Å²) in [6.45, 7) is 6.43. The van der Waals surface area contributed by atoms with Crippen LogP contribution >= 0.6 is 11.8 Å².